The summed E-state index contributed by atoms with van der Waals surface area (Å²) in [5.74, 6) is -0.0378. The standard InChI is InChI=1S/C10H20N6O3S.ClH/c1-10(2)8-14(20(17,18)13(3)4)5-6-15(10)16-7-9(11)19-12-16;/h7,11H,5-6,8H2,1-4H3;1H. The van der Waals surface area contributed by atoms with Gasteiger partial charge in [-0.2, -0.15) is 17.0 Å². The monoisotopic (exact) mass is 340 g/mol. The van der Waals surface area contributed by atoms with Gasteiger partial charge in [-0.25, -0.2) is 0 Å². The molecule has 122 valence electrons. The van der Waals surface area contributed by atoms with Crippen molar-refractivity contribution >= 4 is 28.5 Å². The van der Waals surface area contributed by atoms with Crippen molar-refractivity contribution in [2.75, 3.05) is 38.7 Å². The minimum atomic E-state index is -3.42. The van der Waals surface area contributed by atoms with Crippen LogP contribution in [-0.4, -0.2) is 61.6 Å². The van der Waals surface area contributed by atoms with E-state index in [1.54, 1.807) is 0 Å². The highest BCUT2D eigenvalue weighted by molar-refractivity contribution is 7.86. The van der Waals surface area contributed by atoms with Crippen LogP contribution in [-0.2, 0) is 10.2 Å². The van der Waals surface area contributed by atoms with Crippen molar-refractivity contribution in [2.24, 2.45) is 0 Å². The van der Waals surface area contributed by atoms with Gasteiger partial charge in [-0.05, 0) is 13.8 Å². The van der Waals surface area contributed by atoms with E-state index >= 15 is 0 Å². The molecule has 1 fully saturated rings. The van der Waals surface area contributed by atoms with Crippen molar-refractivity contribution < 1.29 is 17.7 Å². The molecule has 0 unspecified atom stereocenters. The average Bonchev–Trinajstić information content (AvgIpc) is 2.73. The fourth-order valence-corrected chi connectivity index (χ4v) is 3.51. The predicted octanol–water partition coefficient (Wildman–Crippen LogP) is -0.0938. The number of rotatable bonds is 3. The molecule has 1 aromatic heterocycles. The normalized spacial score (nSPS) is 19.6. The van der Waals surface area contributed by atoms with Crippen LogP contribution < -0.4 is 9.80 Å². The van der Waals surface area contributed by atoms with Crippen molar-refractivity contribution in [2.45, 2.75) is 19.4 Å². The molecule has 1 aliphatic heterocycles. The summed E-state index contributed by atoms with van der Waals surface area (Å²) in [5.41, 5.74) is 6.91. The van der Waals surface area contributed by atoms with Gasteiger partial charge in [0.2, 0.25) is 5.27 Å². The molecule has 1 aromatic rings. The predicted molar refractivity (Wildman–Crippen MR) is 79.3 cm³/mol. The first kappa shape index (κ1) is 18.0. The second-order valence-corrected chi connectivity index (χ2v) is 7.69. The molecule has 2 heterocycles. The van der Waals surface area contributed by atoms with Gasteiger partial charge in [0.25, 0.3) is 16.4 Å². The fourth-order valence-electron chi connectivity index (χ4n) is 2.26. The Hall–Kier alpha value is -1.10. The summed E-state index contributed by atoms with van der Waals surface area (Å²) in [6.45, 7) is 5.01. The third-order valence-corrected chi connectivity index (χ3v) is 5.20. The Labute approximate surface area is 130 Å². The molecule has 1 aliphatic rings. The van der Waals surface area contributed by atoms with E-state index in [2.05, 4.69) is 5.27 Å². The highest BCUT2D eigenvalue weighted by Gasteiger charge is 2.44. The largest absolute Gasteiger partial charge is 0.660 e. The SMILES string of the molecule is CN(C)S(=O)(=O)N1CCN([n+]2cc([NH-])on2)C(C)(C)C1.Cl. The number of hydrogen-bond acceptors (Lipinski definition) is 5. The highest BCUT2D eigenvalue weighted by Crippen LogP contribution is 2.20. The van der Waals surface area contributed by atoms with Gasteiger partial charge in [-0.15, -0.1) is 17.4 Å². The van der Waals surface area contributed by atoms with Crippen LogP contribution in [0.5, 0.6) is 0 Å². The lowest BCUT2D eigenvalue weighted by Crippen LogP contribution is -2.75. The van der Waals surface area contributed by atoms with E-state index in [4.69, 9.17) is 10.3 Å². The zero-order valence-electron chi connectivity index (χ0n) is 12.5. The smallest absolute Gasteiger partial charge is 0.281 e. The summed E-state index contributed by atoms with van der Waals surface area (Å²) < 4.78 is 31.8. The number of halogens is 1. The molecule has 0 spiro atoms. The van der Waals surface area contributed by atoms with Crippen molar-refractivity contribution in [1.29, 1.82) is 0 Å². The summed E-state index contributed by atoms with van der Waals surface area (Å²) >= 11 is 0. The van der Waals surface area contributed by atoms with E-state index in [1.165, 1.54) is 33.7 Å². The Morgan fingerprint density at radius 2 is 2.05 bits per heavy atom. The van der Waals surface area contributed by atoms with Crippen LogP contribution >= 0.6 is 12.4 Å². The van der Waals surface area contributed by atoms with Gasteiger partial charge in [0.15, 0.2) is 0 Å². The second-order valence-electron chi connectivity index (χ2n) is 5.55. The first-order valence-corrected chi connectivity index (χ1v) is 7.60. The molecule has 9 nitrogen and oxygen atoms in total. The second kappa shape index (κ2) is 5.95. The van der Waals surface area contributed by atoms with Crippen LogP contribution in [0.25, 0.3) is 5.73 Å². The van der Waals surface area contributed by atoms with E-state index in [1.807, 2.05) is 18.9 Å². The van der Waals surface area contributed by atoms with Crippen molar-refractivity contribution in [3.05, 3.63) is 11.9 Å². The molecule has 1 saturated heterocycles. The number of hydrogen-bond donors (Lipinski definition) is 0. The van der Waals surface area contributed by atoms with Crippen molar-refractivity contribution in [3.8, 4) is 0 Å². The van der Waals surface area contributed by atoms with Crippen LogP contribution in [0.4, 0.5) is 5.88 Å². The van der Waals surface area contributed by atoms with Crippen molar-refractivity contribution in [1.82, 2.24) is 13.9 Å². The highest BCUT2D eigenvalue weighted by atomic mass is 35.5. The van der Waals surface area contributed by atoms with Crippen LogP contribution in [0, 0.1) is 0 Å². The van der Waals surface area contributed by atoms with Crippen molar-refractivity contribution in [3.63, 3.8) is 0 Å². The van der Waals surface area contributed by atoms with Gasteiger partial charge in [0.1, 0.15) is 11.4 Å². The molecular weight excluding hydrogens is 320 g/mol. The molecular formula is C10H21ClN6O3S. The number of nitrogens with zero attached hydrogens (tertiary/aromatic N) is 5. The lowest BCUT2D eigenvalue weighted by molar-refractivity contribution is -0.766. The molecule has 0 bridgehead atoms. The van der Waals surface area contributed by atoms with E-state index in [9.17, 15) is 8.42 Å². The Balaban J connectivity index is 0.00000220. The maximum absolute atomic E-state index is 12.2. The van der Waals surface area contributed by atoms with E-state index in [0.717, 1.165) is 0 Å². The summed E-state index contributed by atoms with van der Waals surface area (Å²) in [7, 11) is -0.379. The molecule has 21 heavy (non-hydrogen) atoms. The van der Waals surface area contributed by atoms with Gasteiger partial charge in [0, 0.05) is 27.2 Å². The summed E-state index contributed by atoms with van der Waals surface area (Å²) in [6, 6.07) is 0. The van der Waals surface area contributed by atoms with Crippen LogP contribution in [0.15, 0.2) is 10.7 Å². The van der Waals surface area contributed by atoms with Gasteiger partial charge in [-0.3, -0.25) is 0 Å². The van der Waals surface area contributed by atoms with E-state index in [-0.39, 0.29) is 18.3 Å². The molecule has 2 rings (SSSR count). The molecule has 0 saturated carbocycles. The zero-order valence-corrected chi connectivity index (χ0v) is 14.1. The van der Waals surface area contributed by atoms with Crippen LogP contribution in [0.3, 0.4) is 0 Å². The average molecular weight is 341 g/mol. The Morgan fingerprint density at radius 3 is 2.48 bits per heavy atom. The zero-order chi connectivity index (χ0) is 15.1. The maximum Gasteiger partial charge on any atom is 0.281 e. The van der Waals surface area contributed by atoms with Gasteiger partial charge >= 0.3 is 0 Å². The number of aromatic nitrogens is 2. The first-order valence-electron chi connectivity index (χ1n) is 6.20. The molecule has 0 radical (unpaired) electrons. The minimum Gasteiger partial charge on any atom is -0.660 e. The Bertz CT molecular complexity index is 587. The van der Waals surface area contributed by atoms with Gasteiger partial charge in [-0.1, -0.05) is 0 Å². The third-order valence-electron chi connectivity index (χ3n) is 3.31. The maximum atomic E-state index is 12.2. The molecule has 0 aromatic carbocycles. The van der Waals surface area contributed by atoms with Crippen LogP contribution in [0.1, 0.15) is 13.8 Å². The minimum absolute atomic E-state index is 0. The first-order chi connectivity index (χ1) is 9.14. The molecule has 0 amide bonds. The number of piperazine rings is 1. The van der Waals surface area contributed by atoms with E-state index in [0.29, 0.717) is 19.6 Å². The van der Waals surface area contributed by atoms with Gasteiger partial charge in [0.05, 0.1) is 11.3 Å². The Kier molecular flexibility index (Phi) is 5.09. The quantitative estimate of drug-likeness (QED) is 0.716. The fraction of sp³-hybridized carbons (Fsp3) is 0.800. The lowest BCUT2D eigenvalue weighted by Gasteiger charge is -2.41. The van der Waals surface area contributed by atoms with Gasteiger partial charge < -0.3 is 10.3 Å². The topological polar surface area (TPSA) is 97.6 Å². The Morgan fingerprint density at radius 1 is 1.43 bits per heavy atom. The third kappa shape index (κ3) is 3.39. The summed E-state index contributed by atoms with van der Waals surface area (Å²) in [6.07, 6.45) is 1.46. The molecule has 1 N–H and O–H groups in total. The van der Waals surface area contributed by atoms with Crippen LogP contribution in [0.2, 0.25) is 0 Å². The molecule has 0 atom stereocenters. The molecule has 11 heteroatoms. The molecule has 0 aliphatic carbocycles. The lowest BCUT2D eigenvalue weighted by atomic mass is 10.0. The summed E-state index contributed by atoms with van der Waals surface area (Å²) in [5, 5.41) is 5.64. The number of nitrogens with one attached hydrogen (secondary N) is 1. The summed E-state index contributed by atoms with van der Waals surface area (Å²) in [4.78, 5) is 1.46. The van der Waals surface area contributed by atoms with E-state index < -0.39 is 15.7 Å².